The normalized spacial score (nSPS) is 12.9. The molecule has 2 aromatic carbocycles. The minimum Gasteiger partial charge on any atom is -0.331 e. The Hall–Kier alpha value is -3.21. The summed E-state index contributed by atoms with van der Waals surface area (Å²) in [5.74, 6) is 0.681. The van der Waals surface area contributed by atoms with Crippen molar-refractivity contribution in [2.24, 2.45) is 0 Å². The van der Waals surface area contributed by atoms with Crippen molar-refractivity contribution in [3.63, 3.8) is 0 Å². The van der Waals surface area contributed by atoms with Crippen LogP contribution < -0.4 is 4.90 Å². The number of fused-ring (bicyclic) bond motifs is 1. The Morgan fingerprint density at radius 3 is 2.46 bits per heavy atom. The molecule has 0 radical (unpaired) electrons. The summed E-state index contributed by atoms with van der Waals surface area (Å²) >= 11 is 0. The van der Waals surface area contributed by atoms with Crippen LogP contribution in [0.1, 0.15) is 35.5 Å². The van der Waals surface area contributed by atoms with E-state index < -0.39 is 0 Å². The van der Waals surface area contributed by atoms with E-state index >= 15 is 0 Å². The van der Waals surface area contributed by atoms with E-state index in [0.717, 1.165) is 24.3 Å². The van der Waals surface area contributed by atoms with E-state index in [1.807, 2.05) is 61.2 Å². The third-order valence-corrected chi connectivity index (χ3v) is 5.11. The molecule has 0 bridgehead atoms. The molecule has 1 aliphatic heterocycles. The number of nitrogens with zero attached hydrogens (tertiary/aromatic N) is 4. The summed E-state index contributed by atoms with van der Waals surface area (Å²) in [4.78, 5) is 17.0. The SMILES string of the molecule is CC(C)N(Cc1ccccc1)C(=O)c1ccc(N2CCc3ccccc32)nn1. The van der Waals surface area contributed by atoms with Gasteiger partial charge in [-0.05, 0) is 49.6 Å². The van der Waals surface area contributed by atoms with Crippen molar-refractivity contribution < 1.29 is 4.79 Å². The molecule has 1 amide bonds. The molecule has 1 aromatic heterocycles. The quantitative estimate of drug-likeness (QED) is 0.673. The summed E-state index contributed by atoms with van der Waals surface area (Å²) < 4.78 is 0. The van der Waals surface area contributed by atoms with Crippen molar-refractivity contribution in [1.29, 1.82) is 0 Å². The van der Waals surface area contributed by atoms with Gasteiger partial charge >= 0.3 is 0 Å². The van der Waals surface area contributed by atoms with Gasteiger partial charge in [0.15, 0.2) is 11.5 Å². The first-order valence-electron chi connectivity index (χ1n) is 9.67. The van der Waals surface area contributed by atoms with Crippen molar-refractivity contribution in [2.45, 2.75) is 32.9 Å². The van der Waals surface area contributed by atoms with Crippen LogP contribution in [0.25, 0.3) is 0 Å². The van der Waals surface area contributed by atoms with Gasteiger partial charge in [0.2, 0.25) is 0 Å². The van der Waals surface area contributed by atoms with Gasteiger partial charge in [0, 0.05) is 24.8 Å². The van der Waals surface area contributed by atoms with Crippen molar-refractivity contribution in [3.8, 4) is 0 Å². The van der Waals surface area contributed by atoms with Gasteiger partial charge in [0.1, 0.15) is 0 Å². The van der Waals surface area contributed by atoms with Crippen LogP contribution >= 0.6 is 0 Å². The molecule has 5 nitrogen and oxygen atoms in total. The molecule has 0 saturated heterocycles. The Balaban J connectivity index is 1.53. The lowest BCUT2D eigenvalue weighted by molar-refractivity contribution is 0.0683. The summed E-state index contributed by atoms with van der Waals surface area (Å²) in [6.45, 7) is 5.47. The molecule has 0 saturated carbocycles. The van der Waals surface area contributed by atoms with Crippen LogP contribution in [0.2, 0.25) is 0 Å². The van der Waals surface area contributed by atoms with Gasteiger partial charge < -0.3 is 9.80 Å². The largest absolute Gasteiger partial charge is 0.331 e. The maximum Gasteiger partial charge on any atom is 0.274 e. The second-order valence-electron chi connectivity index (χ2n) is 7.32. The van der Waals surface area contributed by atoms with Crippen LogP contribution in [0.5, 0.6) is 0 Å². The fraction of sp³-hybridized carbons (Fsp3) is 0.261. The van der Waals surface area contributed by atoms with Crippen LogP contribution in [0.15, 0.2) is 66.7 Å². The molecule has 0 N–H and O–H groups in total. The van der Waals surface area contributed by atoms with Crippen LogP contribution in [0.3, 0.4) is 0 Å². The first-order valence-corrected chi connectivity index (χ1v) is 9.67. The highest BCUT2D eigenvalue weighted by Crippen LogP contribution is 2.32. The van der Waals surface area contributed by atoms with Crippen molar-refractivity contribution in [3.05, 3.63) is 83.6 Å². The predicted molar refractivity (Wildman–Crippen MR) is 111 cm³/mol. The molecule has 2 heterocycles. The number of hydrogen-bond acceptors (Lipinski definition) is 4. The van der Waals surface area contributed by atoms with E-state index in [9.17, 15) is 4.79 Å². The lowest BCUT2D eigenvalue weighted by Crippen LogP contribution is -2.37. The summed E-state index contributed by atoms with van der Waals surface area (Å²) in [7, 11) is 0. The number of rotatable bonds is 5. The highest BCUT2D eigenvalue weighted by Gasteiger charge is 2.23. The zero-order valence-corrected chi connectivity index (χ0v) is 16.2. The smallest absolute Gasteiger partial charge is 0.274 e. The topological polar surface area (TPSA) is 49.3 Å². The molecular formula is C23H24N4O. The number of aromatic nitrogens is 2. The summed E-state index contributed by atoms with van der Waals surface area (Å²) in [5, 5.41) is 8.62. The lowest BCUT2D eigenvalue weighted by atomic mass is 10.1. The van der Waals surface area contributed by atoms with E-state index in [1.165, 1.54) is 11.3 Å². The molecule has 5 heteroatoms. The minimum absolute atomic E-state index is 0.0691. The third-order valence-electron chi connectivity index (χ3n) is 5.11. The Kier molecular flexibility index (Phi) is 5.06. The van der Waals surface area contributed by atoms with Gasteiger partial charge in [0.05, 0.1) is 0 Å². The number of anilines is 2. The molecule has 0 atom stereocenters. The maximum absolute atomic E-state index is 13.0. The van der Waals surface area contributed by atoms with Gasteiger partial charge in [-0.3, -0.25) is 4.79 Å². The van der Waals surface area contributed by atoms with E-state index in [1.54, 1.807) is 6.07 Å². The fourth-order valence-electron chi connectivity index (χ4n) is 3.58. The standard InChI is InChI=1S/C23H24N4O/c1-17(2)27(16-18-8-4-3-5-9-18)23(28)20-12-13-22(25-24-20)26-15-14-19-10-6-7-11-21(19)26/h3-13,17H,14-16H2,1-2H3. The van der Waals surface area contributed by atoms with Crippen LogP contribution in [0, 0.1) is 0 Å². The summed E-state index contributed by atoms with van der Waals surface area (Å²) in [5.41, 5.74) is 3.96. The predicted octanol–water partition coefficient (Wildman–Crippen LogP) is 4.22. The van der Waals surface area contributed by atoms with E-state index in [-0.39, 0.29) is 11.9 Å². The lowest BCUT2D eigenvalue weighted by Gasteiger charge is -2.26. The number of para-hydroxylation sites is 1. The second kappa shape index (κ2) is 7.80. The molecule has 0 spiro atoms. The number of hydrogen-bond donors (Lipinski definition) is 0. The van der Waals surface area contributed by atoms with Gasteiger partial charge in [-0.25, -0.2) is 0 Å². The molecule has 0 unspecified atom stereocenters. The van der Waals surface area contributed by atoms with Crippen molar-refractivity contribution in [2.75, 3.05) is 11.4 Å². The van der Waals surface area contributed by atoms with E-state index in [4.69, 9.17) is 0 Å². The number of carbonyl (C=O) groups excluding carboxylic acids is 1. The third kappa shape index (κ3) is 3.60. The van der Waals surface area contributed by atoms with Crippen LogP contribution in [0.4, 0.5) is 11.5 Å². The van der Waals surface area contributed by atoms with Crippen LogP contribution in [-0.4, -0.2) is 33.6 Å². The molecule has 142 valence electrons. The first-order chi connectivity index (χ1) is 13.6. The molecule has 1 aliphatic rings. The number of benzene rings is 2. The van der Waals surface area contributed by atoms with Gasteiger partial charge in [-0.1, -0.05) is 48.5 Å². The first kappa shape index (κ1) is 18.2. The highest BCUT2D eigenvalue weighted by atomic mass is 16.2. The monoisotopic (exact) mass is 372 g/mol. The average Bonchev–Trinajstić information content (AvgIpc) is 3.16. The Bertz CT molecular complexity index is 954. The number of amides is 1. The Morgan fingerprint density at radius 2 is 1.75 bits per heavy atom. The summed E-state index contributed by atoms with van der Waals surface area (Å²) in [6, 6.07) is 22.1. The molecule has 3 aromatic rings. The Morgan fingerprint density at radius 1 is 1.00 bits per heavy atom. The zero-order chi connectivity index (χ0) is 19.5. The van der Waals surface area contributed by atoms with Crippen molar-refractivity contribution >= 4 is 17.4 Å². The number of carbonyl (C=O) groups is 1. The summed E-state index contributed by atoms with van der Waals surface area (Å²) in [6.07, 6.45) is 0.997. The minimum atomic E-state index is -0.0975. The van der Waals surface area contributed by atoms with Gasteiger partial charge in [-0.2, -0.15) is 0 Å². The van der Waals surface area contributed by atoms with Crippen molar-refractivity contribution in [1.82, 2.24) is 15.1 Å². The van der Waals surface area contributed by atoms with E-state index in [2.05, 4.69) is 33.3 Å². The molecular weight excluding hydrogens is 348 g/mol. The van der Waals surface area contributed by atoms with Gasteiger partial charge in [0.25, 0.3) is 5.91 Å². The van der Waals surface area contributed by atoms with E-state index in [0.29, 0.717) is 12.2 Å². The molecule has 4 rings (SSSR count). The average molecular weight is 372 g/mol. The van der Waals surface area contributed by atoms with Crippen LogP contribution in [-0.2, 0) is 13.0 Å². The molecule has 28 heavy (non-hydrogen) atoms. The highest BCUT2D eigenvalue weighted by molar-refractivity contribution is 5.92. The fourth-order valence-corrected chi connectivity index (χ4v) is 3.58. The second-order valence-corrected chi connectivity index (χ2v) is 7.32. The van der Waals surface area contributed by atoms with Gasteiger partial charge in [-0.15, -0.1) is 10.2 Å². The molecule has 0 aliphatic carbocycles. The Labute approximate surface area is 165 Å². The molecule has 0 fully saturated rings. The zero-order valence-electron chi connectivity index (χ0n) is 16.2. The maximum atomic E-state index is 13.0.